The summed E-state index contributed by atoms with van der Waals surface area (Å²) in [6.07, 6.45) is 3.43. The smallest absolute Gasteiger partial charge is 0.128 e. The van der Waals surface area contributed by atoms with Gasteiger partial charge in [-0.15, -0.1) is 0 Å². The van der Waals surface area contributed by atoms with Gasteiger partial charge >= 0.3 is 0 Å². The first-order valence-electron chi connectivity index (χ1n) is 6.23. The van der Waals surface area contributed by atoms with Crippen molar-refractivity contribution in [3.8, 4) is 0 Å². The number of nitrogens with one attached hydrogen (secondary N) is 1. The maximum absolute atomic E-state index is 13.6. The number of rotatable bonds is 5. The largest absolute Gasteiger partial charge is 0.329 e. The maximum Gasteiger partial charge on any atom is 0.128 e. The van der Waals surface area contributed by atoms with Crippen LogP contribution < -0.4 is 5.32 Å². The summed E-state index contributed by atoms with van der Waals surface area (Å²) in [7, 11) is 0. The van der Waals surface area contributed by atoms with Gasteiger partial charge in [-0.3, -0.25) is 0 Å². The molecule has 1 N–H and O–H groups in total. The number of hydrogen-bond acceptors (Lipinski definition) is 2. The Bertz CT molecular complexity index is 549. The first-order chi connectivity index (χ1) is 9.06. The average Bonchev–Trinajstić information content (AvgIpc) is 2.79. The van der Waals surface area contributed by atoms with Gasteiger partial charge in [0.15, 0.2) is 0 Å². The van der Waals surface area contributed by atoms with Crippen LogP contribution in [0.25, 0.3) is 0 Å². The normalized spacial score (nSPS) is 11.2. The maximum atomic E-state index is 13.6. The molecule has 102 valence electrons. The number of hydrogen-bond donors (Lipinski definition) is 1. The molecule has 2 aromatic rings. The number of aromatic nitrogens is 2. The van der Waals surface area contributed by atoms with Crippen LogP contribution in [0.3, 0.4) is 0 Å². The standard InChI is InChI=1S/C14H17F2N3/c1-10(2)18-8-14-17-5-6-19(14)9-11-7-12(15)3-4-13(11)16/h3-7,10,18H,8-9H2,1-2H3. The third-order valence-corrected chi connectivity index (χ3v) is 2.82. The molecule has 0 radical (unpaired) electrons. The molecule has 0 saturated carbocycles. The quantitative estimate of drug-likeness (QED) is 0.900. The minimum atomic E-state index is -0.432. The lowest BCUT2D eigenvalue weighted by molar-refractivity contribution is 0.543. The van der Waals surface area contributed by atoms with Crippen LogP contribution in [0.5, 0.6) is 0 Å². The molecule has 0 atom stereocenters. The first kappa shape index (κ1) is 13.7. The van der Waals surface area contributed by atoms with Crippen LogP contribution >= 0.6 is 0 Å². The number of nitrogens with zero attached hydrogens (tertiary/aromatic N) is 2. The third kappa shape index (κ3) is 3.61. The van der Waals surface area contributed by atoms with E-state index in [0.717, 1.165) is 18.0 Å². The van der Waals surface area contributed by atoms with Gasteiger partial charge < -0.3 is 9.88 Å². The van der Waals surface area contributed by atoms with Crippen LogP contribution in [0.2, 0.25) is 0 Å². The summed E-state index contributed by atoms with van der Waals surface area (Å²) in [5, 5.41) is 3.25. The van der Waals surface area contributed by atoms with Gasteiger partial charge in [0.05, 0.1) is 13.1 Å². The molecule has 0 spiro atoms. The summed E-state index contributed by atoms with van der Waals surface area (Å²) in [4.78, 5) is 4.22. The monoisotopic (exact) mass is 265 g/mol. The second-order valence-corrected chi connectivity index (χ2v) is 4.74. The molecular formula is C14H17F2N3. The van der Waals surface area contributed by atoms with Crippen molar-refractivity contribution in [2.75, 3.05) is 0 Å². The lowest BCUT2D eigenvalue weighted by atomic mass is 10.2. The van der Waals surface area contributed by atoms with Gasteiger partial charge in [0.2, 0.25) is 0 Å². The predicted octanol–water partition coefficient (Wildman–Crippen LogP) is 2.71. The van der Waals surface area contributed by atoms with Crippen molar-refractivity contribution in [3.63, 3.8) is 0 Å². The van der Waals surface area contributed by atoms with E-state index in [0.29, 0.717) is 18.2 Å². The molecule has 1 aromatic carbocycles. The van der Waals surface area contributed by atoms with Crippen molar-refractivity contribution in [2.24, 2.45) is 0 Å². The molecule has 5 heteroatoms. The Hall–Kier alpha value is -1.75. The summed E-state index contributed by atoms with van der Waals surface area (Å²) in [5.41, 5.74) is 0.323. The molecular weight excluding hydrogens is 248 g/mol. The van der Waals surface area contributed by atoms with Crippen molar-refractivity contribution in [1.29, 1.82) is 0 Å². The van der Waals surface area contributed by atoms with Gasteiger partial charge in [-0.2, -0.15) is 0 Å². The molecule has 0 aliphatic carbocycles. The Balaban J connectivity index is 2.15. The van der Waals surface area contributed by atoms with Gasteiger partial charge in [0, 0.05) is 24.0 Å². The highest BCUT2D eigenvalue weighted by atomic mass is 19.1. The van der Waals surface area contributed by atoms with E-state index in [2.05, 4.69) is 10.3 Å². The number of imidazole rings is 1. The van der Waals surface area contributed by atoms with E-state index in [1.807, 2.05) is 18.4 Å². The Labute approximate surface area is 111 Å². The van der Waals surface area contributed by atoms with Crippen LogP contribution in [0.1, 0.15) is 25.2 Å². The second-order valence-electron chi connectivity index (χ2n) is 4.74. The highest BCUT2D eigenvalue weighted by Crippen LogP contribution is 2.12. The van der Waals surface area contributed by atoms with Crippen molar-refractivity contribution in [1.82, 2.24) is 14.9 Å². The van der Waals surface area contributed by atoms with Crippen molar-refractivity contribution in [3.05, 3.63) is 53.6 Å². The van der Waals surface area contributed by atoms with Gasteiger partial charge in [0.1, 0.15) is 17.5 Å². The highest BCUT2D eigenvalue weighted by Gasteiger charge is 2.08. The molecule has 0 bridgehead atoms. The molecule has 1 aromatic heterocycles. The highest BCUT2D eigenvalue weighted by molar-refractivity contribution is 5.19. The van der Waals surface area contributed by atoms with Gasteiger partial charge in [-0.05, 0) is 18.2 Å². The number of halogens is 2. The predicted molar refractivity (Wildman–Crippen MR) is 69.7 cm³/mol. The van der Waals surface area contributed by atoms with Crippen LogP contribution in [0.15, 0.2) is 30.6 Å². The Kier molecular flexibility index (Phi) is 4.27. The fraction of sp³-hybridized carbons (Fsp3) is 0.357. The van der Waals surface area contributed by atoms with Crippen LogP contribution in [-0.4, -0.2) is 15.6 Å². The fourth-order valence-electron chi connectivity index (χ4n) is 1.79. The third-order valence-electron chi connectivity index (χ3n) is 2.82. The molecule has 2 rings (SSSR count). The Morgan fingerprint density at radius 1 is 1.32 bits per heavy atom. The van der Waals surface area contributed by atoms with E-state index in [9.17, 15) is 8.78 Å². The molecule has 0 saturated heterocycles. The van der Waals surface area contributed by atoms with E-state index in [4.69, 9.17) is 0 Å². The SMILES string of the molecule is CC(C)NCc1nccn1Cc1cc(F)ccc1F. The van der Waals surface area contributed by atoms with Crippen LogP contribution in [-0.2, 0) is 13.1 Å². The molecule has 0 aliphatic rings. The molecule has 3 nitrogen and oxygen atoms in total. The molecule has 19 heavy (non-hydrogen) atoms. The lowest BCUT2D eigenvalue weighted by Crippen LogP contribution is -2.24. The lowest BCUT2D eigenvalue weighted by Gasteiger charge is -2.11. The molecule has 0 unspecified atom stereocenters. The van der Waals surface area contributed by atoms with Crippen molar-refractivity contribution >= 4 is 0 Å². The molecule has 0 aliphatic heterocycles. The minimum Gasteiger partial charge on any atom is -0.329 e. The Morgan fingerprint density at radius 3 is 2.84 bits per heavy atom. The van der Waals surface area contributed by atoms with Gasteiger partial charge in [-0.25, -0.2) is 13.8 Å². The summed E-state index contributed by atoms with van der Waals surface area (Å²) in [5.74, 6) is -0.0337. The van der Waals surface area contributed by atoms with Crippen LogP contribution in [0.4, 0.5) is 8.78 Å². The number of benzene rings is 1. The van der Waals surface area contributed by atoms with Crippen LogP contribution in [0, 0.1) is 11.6 Å². The van der Waals surface area contributed by atoms with Gasteiger partial charge in [-0.1, -0.05) is 13.8 Å². The zero-order valence-corrected chi connectivity index (χ0v) is 11.0. The summed E-state index contributed by atoms with van der Waals surface area (Å²) < 4.78 is 28.5. The Morgan fingerprint density at radius 2 is 2.11 bits per heavy atom. The van der Waals surface area contributed by atoms with E-state index in [1.165, 1.54) is 6.07 Å². The van der Waals surface area contributed by atoms with Gasteiger partial charge in [0.25, 0.3) is 0 Å². The molecule has 1 heterocycles. The zero-order valence-electron chi connectivity index (χ0n) is 11.0. The zero-order chi connectivity index (χ0) is 13.8. The van der Waals surface area contributed by atoms with Crippen molar-refractivity contribution < 1.29 is 8.78 Å². The molecule has 0 fully saturated rings. The van der Waals surface area contributed by atoms with E-state index in [-0.39, 0.29) is 6.54 Å². The summed E-state index contributed by atoms with van der Waals surface area (Å²) in [6, 6.07) is 3.83. The summed E-state index contributed by atoms with van der Waals surface area (Å²) in [6.45, 7) is 4.96. The van der Waals surface area contributed by atoms with E-state index in [1.54, 1.807) is 12.4 Å². The fourth-order valence-corrected chi connectivity index (χ4v) is 1.79. The van der Waals surface area contributed by atoms with Crippen molar-refractivity contribution in [2.45, 2.75) is 33.0 Å². The first-order valence-corrected chi connectivity index (χ1v) is 6.23. The van der Waals surface area contributed by atoms with E-state index < -0.39 is 11.6 Å². The summed E-state index contributed by atoms with van der Waals surface area (Å²) >= 11 is 0. The minimum absolute atomic E-state index is 0.276. The average molecular weight is 265 g/mol. The molecule has 0 amide bonds. The van der Waals surface area contributed by atoms with E-state index >= 15 is 0 Å². The topological polar surface area (TPSA) is 29.9 Å². The second kappa shape index (κ2) is 5.93.